The molecule has 0 bridgehead atoms. The van der Waals surface area contributed by atoms with Crippen molar-refractivity contribution in [2.24, 2.45) is 5.92 Å². The smallest absolute Gasteiger partial charge is 0.312 e. The molecule has 11 heteroatoms. The number of pyridine rings is 1. The van der Waals surface area contributed by atoms with E-state index in [1.165, 1.54) is 9.80 Å². The zero-order valence-corrected chi connectivity index (χ0v) is 17.0. The molecule has 2 heterocycles. The van der Waals surface area contributed by atoms with Crippen molar-refractivity contribution in [2.45, 2.75) is 32.2 Å². The summed E-state index contributed by atoms with van der Waals surface area (Å²) in [6.07, 6.45) is -8.21. The van der Waals surface area contributed by atoms with E-state index in [0.717, 1.165) is 42.6 Å². The number of hydrogen-bond acceptors (Lipinski definition) is 3. The molecule has 172 valence electrons. The van der Waals surface area contributed by atoms with Gasteiger partial charge >= 0.3 is 18.4 Å². The number of nitrogens with zero attached hydrogens (tertiary/aromatic N) is 3. The molecule has 1 aliphatic heterocycles. The number of carbonyl (C=O) groups is 2. The number of benzene rings is 1. The monoisotopic (exact) mass is 459 g/mol. The highest BCUT2D eigenvalue weighted by Gasteiger charge is 2.41. The highest BCUT2D eigenvalue weighted by molar-refractivity contribution is 6.02. The molecule has 0 radical (unpaired) electrons. The molecule has 2 amide bonds. The summed E-state index contributed by atoms with van der Waals surface area (Å²) in [5.41, 5.74) is -1.82. The second-order valence-electron chi connectivity index (χ2n) is 7.73. The van der Waals surface area contributed by atoms with Crippen LogP contribution in [0.1, 0.15) is 35.5 Å². The maximum atomic E-state index is 13.0. The van der Waals surface area contributed by atoms with E-state index in [1.807, 2.05) is 13.8 Å². The fourth-order valence-electron chi connectivity index (χ4n) is 3.44. The van der Waals surface area contributed by atoms with Gasteiger partial charge in [0, 0.05) is 12.1 Å². The van der Waals surface area contributed by atoms with Gasteiger partial charge < -0.3 is 4.90 Å². The van der Waals surface area contributed by atoms with E-state index in [0.29, 0.717) is 0 Å². The topological polar surface area (TPSA) is 53.5 Å². The van der Waals surface area contributed by atoms with Gasteiger partial charge in [-0.05, 0) is 30.2 Å². The van der Waals surface area contributed by atoms with E-state index in [1.54, 1.807) is 0 Å². The highest BCUT2D eigenvalue weighted by Crippen LogP contribution is 2.32. The molecular weight excluding hydrogens is 440 g/mol. The van der Waals surface area contributed by atoms with Gasteiger partial charge in [-0.1, -0.05) is 26.0 Å². The molecule has 2 aromatic rings. The van der Waals surface area contributed by atoms with Crippen molar-refractivity contribution >= 4 is 17.5 Å². The summed E-state index contributed by atoms with van der Waals surface area (Å²) < 4.78 is 76.4. The van der Waals surface area contributed by atoms with E-state index in [4.69, 9.17) is 0 Å². The average Bonchev–Trinajstić information content (AvgIpc) is 3.03. The Morgan fingerprint density at radius 3 is 2.12 bits per heavy atom. The lowest BCUT2D eigenvalue weighted by Gasteiger charge is -2.25. The lowest BCUT2D eigenvalue weighted by atomic mass is 10.0. The second kappa shape index (κ2) is 8.44. The minimum Gasteiger partial charge on any atom is -0.312 e. The van der Waals surface area contributed by atoms with Crippen LogP contribution in [-0.2, 0) is 12.4 Å². The zero-order valence-electron chi connectivity index (χ0n) is 17.0. The van der Waals surface area contributed by atoms with E-state index < -0.39 is 41.5 Å². The minimum absolute atomic E-state index is 0.0166. The molecule has 32 heavy (non-hydrogen) atoms. The molecule has 5 nitrogen and oxygen atoms in total. The quantitative estimate of drug-likeness (QED) is 0.452. The number of halogens is 6. The van der Waals surface area contributed by atoms with Gasteiger partial charge in [-0.2, -0.15) is 26.3 Å². The van der Waals surface area contributed by atoms with Crippen LogP contribution in [0.3, 0.4) is 0 Å². The van der Waals surface area contributed by atoms with Crippen LogP contribution >= 0.6 is 0 Å². The Morgan fingerprint density at radius 2 is 1.66 bits per heavy atom. The molecule has 1 fully saturated rings. The zero-order chi connectivity index (χ0) is 23.8. The molecule has 1 atom stereocenters. The van der Waals surface area contributed by atoms with Crippen LogP contribution < -0.4 is 4.90 Å². The average molecular weight is 459 g/mol. The van der Waals surface area contributed by atoms with Crippen molar-refractivity contribution in [3.8, 4) is 0 Å². The number of Topliss-reactive ketones (excluding diaryl/α,β-unsaturated/α-hetero) is 1. The normalized spacial score (nSPS) is 17.4. The molecular formula is C21H19F6N3O2. The largest absolute Gasteiger partial charge is 0.433 e. The molecule has 0 spiro atoms. The van der Waals surface area contributed by atoms with Crippen LogP contribution in [0.15, 0.2) is 42.6 Å². The number of ketones is 1. The number of rotatable bonds is 5. The van der Waals surface area contributed by atoms with E-state index in [2.05, 4.69) is 4.98 Å². The van der Waals surface area contributed by atoms with E-state index in [-0.39, 0.29) is 30.3 Å². The SMILES string of the molecule is CC(C)[C@H]1CN(c2ccc(C(F)(F)F)nc2)C(=O)N1CC(=O)c1ccc(C(F)(F)F)cc1. The second-order valence-corrected chi connectivity index (χ2v) is 7.73. The Labute approximate surface area is 179 Å². The van der Waals surface area contributed by atoms with Crippen LogP contribution in [0.25, 0.3) is 0 Å². The summed E-state index contributed by atoms with van der Waals surface area (Å²) >= 11 is 0. The van der Waals surface area contributed by atoms with Crippen LogP contribution in [0.2, 0.25) is 0 Å². The molecule has 1 aromatic carbocycles. The Bertz CT molecular complexity index is 985. The van der Waals surface area contributed by atoms with Gasteiger partial charge in [0.2, 0.25) is 0 Å². The van der Waals surface area contributed by atoms with Gasteiger partial charge in [-0.3, -0.25) is 9.69 Å². The summed E-state index contributed by atoms with van der Waals surface area (Å²) in [4.78, 5) is 31.5. The van der Waals surface area contributed by atoms with Crippen molar-refractivity contribution in [3.63, 3.8) is 0 Å². The van der Waals surface area contributed by atoms with E-state index >= 15 is 0 Å². The van der Waals surface area contributed by atoms with Crippen molar-refractivity contribution < 1.29 is 35.9 Å². The standard InChI is InChI=1S/C21H19F6N3O2/c1-12(2)16-10-29(15-7-8-18(28-9-15)21(25,26)27)19(32)30(16)11-17(31)13-3-5-14(6-4-13)20(22,23)24/h3-9,12,16H,10-11H2,1-2H3/t16-/m1/s1. The molecule has 0 saturated carbocycles. The van der Waals surface area contributed by atoms with Crippen molar-refractivity contribution in [3.05, 3.63) is 59.4 Å². The van der Waals surface area contributed by atoms with Crippen molar-refractivity contribution in [1.29, 1.82) is 0 Å². The lowest BCUT2D eigenvalue weighted by Crippen LogP contribution is -2.41. The van der Waals surface area contributed by atoms with Crippen LogP contribution in [-0.4, -0.2) is 40.8 Å². The predicted octanol–water partition coefficient (Wildman–Crippen LogP) is 5.27. The summed E-state index contributed by atoms with van der Waals surface area (Å²) in [5, 5.41) is 0. The third-order valence-electron chi connectivity index (χ3n) is 5.21. The number of amides is 2. The molecule has 1 aliphatic rings. The Hall–Kier alpha value is -3.11. The lowest BCUT2D eigenvalue weighted by molar-refractivity contribution is -0.141. The molecule has 1 aromatic heterocycles. The maximum Gasteiger partial charge on any atom is 0.433 e. The fourth-order valence-corrected chi connectivity index (χ4v) is 3.44. The molecule has 3 rings (SSSR count). The van der Waals surface area contributed by atoms with Gasteiger partial charge in [0.1, 0.15) is 5.69 Å². The van der Waals surface area contributed by atoms with Crippen LogP contribution in [0.4, 0.5) is 36.8 Å². The van der Waals surface area contributed by atoms with Gasteiger partial charge in [0.05, 0.1) is 30.0 Å². The first-order valence-electron chi connectivity index (χ1n) is 9.61. The molecule has 0 aliphatic carbocycles. The number of aromatic nitrogens is 1. The fraction of sp³-hybridized carbons (Fsp3) is 0.381. The highest BCUT2D eigenvalue weighted by atomic mass is 19.4. The number of hydrogen-bond donors (Lipinski definition) is 0. The maximum absolute atomic E-state index is 13.0. The molecule has 0 N–H and O–H groups in total. The molecule has 1 saturated heterocycles. The number of anilines is 1. The van der Waals surface area contributed by atoms with Gasteiger partial charge in [-0.15, -0.1) is 0 Å². The first-order chi connectivity index (χ1) is 14.8. The third kappa shape index (κ3) is 4.86. The number of urea groups is 1. The number of alkyl halides is 6. The van der Waals surface area contributed by atoms with Crippen molar-refractivity contribution in [1.82, 2.24) is 9.88 Å². The Kier molecular flexibility index (Phi) is 6.21. The molecule has 0 unspecified atom stereocenters. The predicted molar refractivity (Wildman–Crippen MR) is 103 cm³/mol. The summed E-state index contributed by atoms with van der Waals surface area (Å²) in [5.74, 6) is -0.642. The summed E-state index contributed by atoms with van der Waals surface area (Å²) in [7, 11) is 0. The summed E-state index contributed by atoms with van der Waals surface area (Å²) in [6.45, 7) is 3.39. The Balaban J connectivity index is 1.80. The van der Waals surface area contributed by atoms with Gasteiger partial charge in [0.25, 0.3) is 0 Å². The van der Waals surface area contributed by atoms with Crippen LogP contribution in [0, 0.1) is 5.92 Å². The first kappa shape index (κ1) is 23.6. The Morgan fingerprint density at radius 1 is 1.03 bits per heavy atom. The van der Waals surface area contributed by atoms with Gasteiger partial charge in [-0.25, -0.2) is 9.78 Å². The van der Waals surface area contributed by atoms with Crippen LogP contribution in [0.5, 0.6) is 0 Å². The van der Waals surface area contributed by atoms with E-state index in [9.17, 15) is 35.9 Å². The first-order valence-corrected chi connectivity index (χ1v) is 9.61. The minimum atomic E-state index is -4.62. The van der Waals surface area contributed by atoms with Crippen molar-refractivity contribution in [2.75, 3.05) is 18.0 Å². The van der Waals surface area contributed by atoms with Gasteiger partial charge in [0.15, 0.2) is 5.78 Å². The third-order valence-corrected chi connectivity index (χ3v) is 5.21. The number of carbonyl (C=O) groups excluding carboxylic acids is 2. The summed E-state index contributed by atoms with van der Waals surface area (Å²) in [6, 6.07) is 4.56.